The number of aromatic amines is 1. The number of hydrogen-bond donors (Lipinski definition) is 1. The lowest BCUT2D eigenvalue weighted by molar-refractivity contribution is 0.285. The van der Waals surface area contributed by atoms with E-state index in [1.54, 1.807) is 19.2 Å². The summed E-state index contributed by atoms with van der Waals surface area (Å²) in [7, 11) is 1.60. The first-order valence-electron chi connectivity index (χ1n) is 10.4. The van der Waals surface area contributed by atoms with Crippen molar-refractivity contribution in [3.8, 4) is 23.1 Å². The fourth-order valence-electron chi connectivity index (χ4n) is 3.86. The summed E-state index contributed by atoms with van der Waals surface area (Å²) < 4.78 is 5.20. The molecule has 4 rings (SSSR count). The van der Waals surface area contributed by atoms with Crippen LogP contribution in [0.15, 0.2) is 59.4 Å². The second-order valence-electron chi connectivity index (χ2n) is 7.56. The lowest BCUT2D eigenvalue weighted by Crippen LogP contribution is -2.33. The van der Waals surface area contributed by atoms with Gasteiger partial charge in [0.05, 0.1) is 12.8 Å². The number of hydrogen-bond acceptors (Lipinski definition) is 6. The molecule has 2 aromatic carbocycles. The zero-order valence-electron chi connectivity index (χ0n) is 17.5. The van der Waals surface area contributed by atoms with Gasteiger partial charge in [-0.05, 0) is 36.2 Å². The van der Waals surface area contributed by atoms with E-state index in [4.69, 9.17) is 9.72 Å². The van der Waals surface area contributed by atoms with Crippen molar-refractivity contribution in [3.63, 3.8) is 0 Å². The van der Waals surface area contributed by atoms with Gasteiger partial charge in [-0.25, -0.2) is 4.98 Å². The largest absolute Gasteiger partial charge is 0.497 e. The molecule has 0 saturated carbocycles. The number of H-pyrrole nitrogens is 1. The number of anilines is 1. The third kappa shape index (κ3) is 4.76. The van der Waals surface area contributed by atoms with Crippen LogP contribution in [0.1, 0.15) is 17.5 Å². The molecule has 0 amide bonds. The minimum absolute atomic E-state index is 0.0226. The van der Waals surface area contributed by atoms with E-state index in [1.165, 1.54) is 5.56 Å². The summed E-state index contributed by atoms with van der Waals surface area (Å²) in [4.78, 5) is 24.7. The van der Waals surface area contributed by atoms with E-state index < -0.39 is 5.56 Å². The topological polar surface area (TPSA) is 85.2 Å². The van der Waals surface area contributed by atoms with E-state index in [-0.39, 0.29) is 5.56 Å². The second-order valence-corrected chi connectivity index (χ2v) is 7.56. The summed E-state index contributed by atoms with van der Waals surface area (Å²) in [5.41, 5.74) is 2.01. The lowest BCUT2D eigenvalue weighted by atomic mass is 10.1. The summed E-state index contributed by atoms with van der Waals surface area (Å²) in [6, 6.07) is 19.7. The van der Waals surface area contributed by atoms with Gasteiger partial charge < -0.3 is 9.64 Å². The summed E-state index contributed by atoms with van der Waals surface area (Å²) in [6.07, 6.45) is 0.967. The molecule has 3 aromatic rings. The smallest absolute Gasteiger partial charge is 0.270 e. The Kier molecular flexibility index (Phi) is 6.29. The lowest BCUT2D eigenvalue weighted by Gasteiger charge is -2.23. The molecule has 2 heterocycles. The predicted molar refractivity (Wildman–Crippen MR) is 120 cm³/mol. The molecular weight excluding hydrogens is 390 g/mol. The minimum Gasteiger partial charge on any atom is -0.497 e. The molecule has 7 heteroatoms. The fourth-order valence-corrected chi connectivity index (χ4v) is 3.86. The van der Waals surface area contributed by atoms with E-state index in [0.717, 1.165) is 39.1 Å². The number of nitrogens with one attached hydrogen (secondary N) is 1. The highest BCUT2D eigenvalue weighted by Gasteiger charge is 2.20. The molecule has 0 spiro atoms. The Morgan fingerprint density at radius 3 is 2.55 bits per heavy atom. The summed E-state index contributed by atoms with van der Waals surface area (Å²) >= 11 is 0. The van der Waals surface area contributed by atoms with Gasteiger partial charge in [-0.3, -0.25) is 14.7 Å². The number of methoxy groups -OCH3 is 1. The van der Waals surface area contributed by atoms with Gasteiger partial charge in [0.2, 0.25) is 5.95 Å². The average molecular weight is 415 g/mol. The maximum Gasteiger partial charge on any atom is 0.270 e. The van der Waals surface area contributed by atoms with Crippen LogP contribution in [0.5, 0.6) is 5.75 Å². The summed E-state index contributed by atoms with van der Waals surface area (Å²) in [5.74, 6) is 1.22. The standard InChI is InChI=1S/C24H25N5O2/c1-31-20-10-8-19(9-11-20)22-21(16-25)23(30)27-24(26-22)29-13-5-12-28(14-15-29)17-18-6-3-2-4-7-18/h2-4,6-11H,5,12-15,17H2,1H3,(H,26,27,30). The number of nitriles is 1. The Balaban J connectivity index is 1.57. The molecule has 158 valence electrons. The monoisotopic (exact) mass is 415 g/mol. The van der Waals surface area contributed by atoms with Gasteiger partial charge in [0, 0.05) is 38.3 Å². The zero-order valence-corrected chi connectivity index (χ0v) is 17.5. The van der Waals surface area contributed by atoms with Crippen molar-refractivity contribution in [1.29, 1.82) is 5.26 Å². The van der Waals surface area contributed by atoms with Crippen LogP contribution in [0.25, 0.3) is 11.3 Å². The normalized spacial score (nSPS) is 14.6. The molecule has 1 fully saturated rings. The molecule has 1 aliphatic rings. The second kappa shape index (κ2) is 9.45. The van der Waals surface area contributed by atoms with Crippen LogP contribution < -0.4 is 15.2 Å². The van der Waals surface area contributed by atoms with Crippen LogP contribution in [-0.2, 0) is 6.54 Å². The highest BCUT2D eigenvalue weighted by atomic mass is 16.5. The van der Waals surface area contributed by atoms with E-state index in [2.05, 4.69) is 39.0 Å². The van der Waals surface area contributed by atoms with Crippen molar-refractivity contribution in [3.05, 3.63) is 76.1 Å². The van der Waals surface area contributed by atoms with Crippen LogP contribution in [0.3, 0.4) is 0 Å². The van der Waals surface area contributed by atoms with Crippen LogP contribution in [-0.4, -0.2) is 48.2 Å². The molecule has 1 saturated heterocycles. The van der Waals surface area contributed by atoms with Crippen molar-refractivity contribution in [2.24, 2.45) is 0 Å². The Hall–Kier alpha value is -3.63. The van der Waals surface area contributed by atoms with Gasteiger partial charge in [0.1, 0.15) is 17.4 Å². The number of benzene rings is 2. The van der Waals surface area contributed by atoms with Crippen molar-refractivity contribution in [2.75, 3.05) is 38.2 Å². The van der Waals surface area contributed by atoms with Crippen LogP contribution in [0.4, 0.5) is 5.95 Å². The highest BCUT2D eigenvalue weighted by molar-refractivity contribution is 5.67. The Bertz CT molecular complexity index is 1120. The fraction of sp³-hybridized carbons (Fsp3) is 0.292. The molecule has 1 aromatic heterocycles. The quantitative estimate of drug-likeness (QED) is 0.690. The van der Waals surface area contributed by atoms with Crippen molar-refractivity contribution < 1.29 is 4.74 Å². The number of ether oxygens (including phenoxy) is 1. The first kappa shape index (κ1) is 20.6. The van der Waals surface area contributed by atoms with Gasteiger partial charge in [0.25, 0.3) is 5.56 Å². The van der Waals surface area contributed by atoms with E-state index in [0.29, 0.717) is 23.0 Å². The van der Waals surface area contributed by atoms with Gasteiger partial charge in [-0.15, -0.1) is 0 Å². The van der Waals surface area contributed by atoms with Crippen molar-refractivity contribution >= 4 is 5.95 Å². The first-order valence-corrected chi connectivity index (χ1v) is 10.4. The Labute approximate surface area is 181 Å². The summed E-state index contributed by atoms with van der Waals surface area (Å²) in [5, 5.41) is 9.53. The van der Waals surface area contributed by atoms with E-state index >= 15 is 0 Å². The maximum atomic E-state index is 12.6. The van der Waals surface area contributed by atoms with Crippen LogP contribution in [0, 0.1) is 11.3 Å². The predicted octanol–water partition coefficient (Wildman–Crippen LogP) is 3.03. The Morgan fingerprint density at radius 1 is 1.06 bits per heavy atom. The Morgan fingerprint density at radius 2 is 1.84 bits per heavy atom. The van der Waals surface area contributed by atoms with Crippen LogP contribution in [0.2, 0.25) is 0 Å². The molecule has 0 radical (unpaired) electrons. The number of aromatic nitrogens is 2. The number of nitrogens with zero attached hydrogens (tertiary/aromatic N) is 4. The van der Waals surface area contributed by atoms with E-state index in [9.17, 15) is 10.1 Å². The molecule has 0 unspecified atom stereocenters. The SMILES string of the molecule is COc1ccc(-c2nc(N3CCCN(Cc4ccccc4)CC3)[nH]c(=O)c2C#N)cc1. The summed E-state index contributed by atoms with van der Waals surface area (Å²) in [6.45, 7) is 4.31. The highest BCUT2D eigenvalue weighted by Crippen LogP contribution is 2.24. The number of rotatable bonds is 5. The van der Waals surface area contributed by atoms with E-state index in [1.807, 2.05) is 24.3 Å². The van der Waals surface area contributed by atoms with Gasteiger partial charge >= 0.3 is 0 Å². The first-order chi connectivity index (χ1) is 15.2. The molecule has 0 bridgehead atoms. The third-order valence-corrected chi connectivity index (χ3v) is 5.52. The third-order valence-electron chi connectivity index (χ3n) is 5.52. The average Bonchev–Trinajstić information content (AvgIpc) is 3.05. The molecule has 31 heavy (non-hydrogen) atoms. The van der Waals surface area contributed by atoms with Gasteiger partial charge in [0.15, 0.2) is 0 Å². The van der Waals surface area contributed by atoms with Gasteiger partial charge in [-0.2, -0.15) is 5.26 Å². The molecule has 0 aliphatic carbocycles. The molecule has 7 nitrogen and oxygen atoms in total. The van der Waals surface area contributed by atoms with Gasteiger partial charge in [-0.1, -0.05) is 30.3 Å². The van der Waals surface area contributed by atoms with Crippen molar-refractivity contribution in [2.45, 2.75) is 13.0 Å². The van der Waals surface area contributed by atoms with Crippen molar-refractivity contribution in [1.82, 2.24) is 14.9 Å². The molecule has 0 atom stereocenters. The zero-order chi connectivity index (χ0) is 21.6. The van der Waals surface area contributed by atoms with Crippen LogP contribution >= 0.6 is 0 Å². The molecular formula is C24H25N5O2. The molecule has 1 N–H and O–H groups in total. The maximum absolute atomic E-state index is 12.6. The molecule has 1 aliphatic heterocycles. The minimum atomic E-state index is -0.413.